The molecule has 88 valence electrons. The Kier molecular flexibility index (Phi) is 2.28. The van der Waals surface area contributed by atoms with E-state index in [2.05, 4.69) is 0 Å². The molecule has 0 spiro atoms. The molecule has 3 nitrogen and oxygen atoms in total. The highest BCUT2D eigenvalue weighted by molar-refractivity contribution is 6.02. The van der Waals surface area contributed by atoms with Crippen LogP contribution in [0.3, 0.4) is 0 Å². The van der Waals surface area contributed by atoms with E-state index >= 15 is 0 Å². The molecular formula is C14H15NO2. The third-order valence-corrected chi connectivity index (χ3v) is 3.73. The molecule has 1 aromatic rings. The Morgan fingerprint density at radius 3 is 2.82 bits per heavy atom. The molecule has 1 aliphatic heterocycles. The predicted molar refractivity (Wildman–Crippen MR) is 63.8 cm³/mol. The molecule has 1 saturated heterocycles. The van der Waals surface area contributed by atoms with Gasteiger partial charge >= 0.3 is 0 Å². The summed E-state index contributed by atoms with van der Waals surface area (Å²) in [6.45, 7) is 2.78. The fourth-order valence-corrected chi connectivity index (χ4v) is 2.87. The summed E-state index contributed by atoms with van der Waals surface area (Å²) in [5.41, 5.74) is 2.95. The van der Waals surface area contributed by atoms with Gasteiger partial charge in [0.1, 0.15) is 0 Å². The maximum Gasteiger partial charge on any atom is 0.223 e. The molecule has 1 amide bonds. The van der Waals surface area contributed by atoms with Crippen molar-refractivity contribution in [3.05, 3.63) is 34.9 Å². The standard InChI is InChI=1S/C14H15NO2/c1-9-4-5-10-11(7-9)13(16)8-12(10)15-6-2-3-14(15)17/h4-5,7,12H,2-3,6,8H2,1H3. The van der Waals surface area contributed by atoms with Crippen LogP contribution in [-0.4, -0.2) is 23.1 Å². The number of carbonyl (C=O) groups is 2. The SMILES string of the molecule is Cc1ccc2c(c1)C(=O)CC2N1CCCC1=O. The van der Waals surface area contributed by atoms with Crippen molar-refractivity contribution < 1.29 is 9.59 Å². The van der Waals surface area contributed by atoms with E-state index in [9.17, 15) is 9.59 Å². The molecule has 1 unspecified atom stereocenters. The van der Waals surface area contributed by atoms with Gasteiger partial charge in [0.25, 0.3) is 0 Å². The zero-order chi connectivity index (χ0) is 12.0. The van der Waals surface area contributed by atoms with Gasteiger partial charge in [-0.15, -0.1) is 0 Å². The molecule has 3 heteroatoms. The van der Waals surface area contributed by atoms with Gasteiger partial charge in [-0.3, -0.25) is 9.59 Å². The molecule has 2 aliphatic rings. The van der Waals surface area contributed by atoms with Gasteiger partial charge in [0.05, 0.1) is 6.04 Å². The number of likely N-dealkylation sites (tertiary alicyclic amines) is 1. The molecule has 17 heavy (non-hydrogen) atoms. The first-order chi connectivity index (χ1) is 8.16. The Balaban J connectivity index is 2.01. The van der Waals surface area contributed by atoms with Gasteiger partial charge < -0.3 is 4.90 Å². The Morgan fingerprint density at radius 2 is 2.12 bits per heavy atom. The van der Waals surface area contributed by atoms with E-state index < -0.39 is 0 Å². The van der Waals surface area contributed by atoms with Crippen molar-refractivity contribution in [1.29, 1.82) is 0 Å². The van der Waals surface area contributed by atoms with E-state index in [-0.39, 0.29) is 17.7 Å². The highest BCUT2D eigenvalue weighted by atomic mass is 16.2. The van der Waals surface area contributed by atoms with Gasteiger partial charge in [-0.25, -0.2) is 0 Å². The topological polar surface area (TPSA) is 37.4 Å². The molecule has 1 aromatic carbocycles. The first kappa shape index (κ1) is 10.5. The quantitative estimate of drug-likeness (QED) is 0.740. The van der Waals surface area contributed by atoms with Crippen LogP contribution in [0.2, 0.25) is 0 Å². The van der Waals surface area contributed by atoms with Crippen LogP contribution in [0.5, 0.6) is 0 Å². The fraction of sp³-hybridized carbons (Fsp3) is 0.429. The lowest BCUT2D eigenvalue weighted by Gasteiger charge is -2.24. The van der Waals surface area contributed by atoms with E-state index in [1.165, 1.54) is 0 Å². The summed E-state index contributed by atoms with van der Waals surface area (Å²) in [7, 11) is 0. The maximum atomic E-state index is 12.0. The minimum atomic E-state index is -0.00639. The molecule has 0 bridgehead atoms. The second-order valence-electron chi connectivity index (χ2n) is 4.92. The number of hydrogen-bond acceptors (Lipinski definition) is 2. The number of amides is 1. The van der Waals surface area contributed by atoms with Crippen molar-refractivity contribution in [2.24, 2.45) is 0 Å². The zero-order valence-electron chi connectivity index (χ0n) is 9.90. The molecule has 0 radical (unpaired) electrons. The van der Waals surface area contributed by atoms with Crippen LogP contribution in [0.1, 0.15) is 46.8 Å². The number of carbonyl (C=O) groups excluding carboxylic acids is 2. The molecule has 1 aliphatic carbocycles. The van der Waals surface area contributed by atoms with Crippen molar-refractivity contribution in [3.63, 3.8) is 0 Å². The summed E-state index contributed by atoms with van der Waals surface area (Å²) in [5, 5.41) is 0. The third-order valence-electron chi connectivity index (χ3n) is 3.73. The van der Waals surface area contributed by atoms with Crippen molar-refractivity contribution in [2.45, 2.75) is 32.2 Å². The van der Waals surface area contributed by atoms with Crippen LogP contribution >= 0.6 is 0 Å². The van der Waals surface area contributed by atoms with Crippen molar-refractivity contribution in [3.8, 4) is 0 Å². The fourth-order valence-electron chi connectivity index (χ4n) is 2.87. The Morgan fingerprint density at radius 1 is 1.29 bits per heavy atom. The van der Waals surface area contributed by atoms with Gasteiger partial charge in [0.2, 0.25) is 5.91 Å². The molecule has 1 heterocycles. The van der Waals surface area contributed by atoms with E-state index in [0.717, 1.165) is 29.7 Å². The highest BCUT2D eigenvalue weighted by Gasteiger charge is 2.37. The summed E-state index contributed by atoms with van der Waals surface area (Å²) in [6.07, 6.45) is 2.02. The number of rotatable bonds is 1. The number of nitrogens with zero attached hydrogens (tertiary/aromatic N) is 1. The molecule has 0 aromatic heterocycles. The first-order valence-corrected chi connectivity index (χ1v) is 6.10. The number of hydrogen-bond donors (Lipinski definition) is 0. The van der Waals surface area contributed by atoms with E-state index in [1.807, 2.05) is 30.0 Å². The summed E-state index contributed by atoms with van der Waals surface area (Å²) in [5.74, 6) is 0.365. The van der Waals surface area contributed by atoms with Crippen LogP contribution in [0.25, 0.3) is 0 Å². The Bertz CT molecular complexity index is 507. The Hall–Kier alpha value is -1.64. The van der Waals surface area contributed by atoms with Crippen molar-refractivity contribution in [2.75, 3.05) is 6.54 Å². The molecule has 1 fully saturated rings. The summed E-state index contributed by atoms with van der Waals surface area (Å²) in [6, 6.07) is 5.96. The summed E-state index contributed by atoms with van der Waals surface area (Å²) >= 11 is 0. The van der Waals surface area contributed by atoms with E-state index in [0.29, 0.717) is 12.8 Å². The monoisotopic (exact) mass is 229 g/mol. The normalized spacial score (nSPS) is 23.4. The number of Topliss-reactive ketones (excluding diaryl/α,β-unsaturated/α-hetero) is 1. The number of aryl methyl sites for hydroxylation is 1. The molecular weight excluding hydrogens is 214 g/mol. The lowest BCUT2D eigenvalue weighted by molar-refractivity contribution is -0.129. The second kappa shape index (κ2) is 3.69. The van der Waals surface area contributed by atoms with Gasteiger partial charge in [0, 0.05) is 24.9 Å². The van der Waals surface area contributed by atoms with Crippen LogP contribution in [0.4, 0.5) is 0 Å². The summed E-state index contributed by atoms with van der Waals surface area (Å²) < 4.78 is 0. The zero-order valence-corrected chi connectivity index (χ0v) is 9.90. The molecule has 0 N–H and O–H groups in total. The van der Waals surface area contributed by atoms with Gasteiger partial charge in [-0.2, -0.15) is 0 Å². The molecule has 0 saturated carbocycles. The lowest BCUT2D eigenvalue weighted by Crippen LogP contribution is -2.28. The lowest BCUT2D eigenvalue weighted by atomic mass is 10.0. The average molecular weight is 229 g/mol. The largest absolute Gasteiger partial charge is 0.335 e. The average Bonchev–Trinajstić information content (AvgIpc) is 2.84. The minimum absolute atomic E-state index is 0.00639. The predicted octanol–water partition coefficient (Wildman–Crippen LogP) is 2.24. The third kappa shape index (κ3) is 1.57. The molecule has 3 rings (SSSR count). The van der Waals surface area contributed by atoms with Crippen molar-refractivity contribution in [1.82, 2.24) is 4.90 Å². The van der Waals surface area contributed by atoms with Crippen LogP contribution in [-0.2, 0) is 4.79 Å². The van der Waals surface area contributed by atoms with Crippen LogP contribution in [0, 0.1) is 6.92 Å². The van der Waals surface area contributed by atoms with Gasteiger partial charge in [-0.1, -0.05) is 17.7 Å². The van der Waals surface area contributed by atoms with Crippen LogP contribution < -0.4 is 0 Å². The maximum absolute atomic E-state index is 12.0. The number of ketones is 1. The van der Waals surface area contributed by atoms with Gasteiger partial charge in [0.15, 0.2) is 5.78 Å². The van der Waals surface area contributed by atoms with Gasteiger partial charge in [-0.05, 0) is 25.0 Å². The van der Waals surface area contributed by atoms with E-state index in [4.69, 9.17) is 0 Å². The first-order valence-electron chi connectivity index (χ1n) is 6.10. The summed E-state index contributed by atoms with van der Waals surface area (Å²) in [4.78, 5) is 25.6. The number of benzene rings is 1. The van der Waals surface area contributed by atoms with E-state index in [1.54, 1.807) is 0 Å². The Labute approximate surface area is 100 Å². The number of fused-ring (bicyclic) bond motifs is 1. The smallest absolute Gasteiger partial charge is 0.223 e. The second-order valence-corrected chi connectivity index (χ2v) is 4.92. The van der Waals surface area contributed by atoms with Crippen LogP contribution in [0.15, 0.2) is 18.2 Å². The van der Waals surface area contributed by atoms with Crippen molar-refractivity contribution >= 4 is 11.7 Å². The minimum Gasteiger partial charge on any atom is -0.335 e. The highest BCUT2D eigenvalue weighted by Crippen LogP contribution is 2.38. The molecule has 1 atom stereocenters.